The summed E-state index contributed by atoms with van der Waals surface area (Å²) in [5.74, 6) is -0.227. The van der Waals surface area contributed by atoms with E-state index in [-0.39, 0.29) is 23.3 Å². The smallest absolute Gasteiger partial charge is 0.348 e. The Kier molecular flexibility index (Phi) is 5.32. The average Bonchev–Trinajstić information content (AvgIpc) is 2.68. The number of anilines is 1. The van der Waals surface area contributed by atoms with Crippen LogP contribution in [-0.4, -0.2) is 35.1 Å². The van der Waals surface area contributed by atoms with Gasteiger partial charge in [-0.2, -0.15) is 5.26 Å². The molecule has 0 radical (unpaired) electrons. The van der Waals surface area contributed by atoms with Crippen LogP contribution < -0.4 is 10.5 Å². The molecule has 0 N–H and O–H groups in total. The van der Waals surface area contributed by atoms with Gasteiger partial charge >= 0.3 is 5.97 Å². The molecule has 0 aromatic carbocycles. The third-order valence-electron chi connectivity index (χ3n) is 4.31. The summed E-state index contributed by atoms with van der Waals surface area (Å²) < 4.78 is 6.32. The first-order valence-electron chi connectivity index (χ1n) is 8.71. The number of ether oxygens (including phenoxy) is 1. The summed E-state index contributed by atoms with van der Waals surface area (Å²) in [5, 5.41) is 9.33. The lowest BCUT2D eigenvalue weighted by Gasteiger charge is -2.29. The highest BCUT2D eigenvalue weighted by Gasteiger charge is 2.21. The molecule has 0 amide bonds. The van der Waals surface area contributed by atoms with Gasteiger partial charge < -0.3 is 9.64 Å². The number of nitriles is 1. The number of carbonyl (C=O) groups excluding carboxylic acids is 1. The molecule has 26 heavy (non-hydrogen) atoms. The van der Waals surface area contributed by atoms with Crippen molar-refractivity contribution in [1.29, 1.82) is 5.26 Å². The molecule has 2 aromatic heterocycles. The van der Waals surface area contributed by atoms with Crippen LogP contribution in [0.1, 0.15) is 31.7 Å². The van der Waals surface area contributed by atoms with E-state index in [1.165, 1.54) is 10.5 Å². The van der Waals surface area contributed by atoms with Crippen molar-refractivity contribution in [2.75, 3.05) is 24.6 Å². The topological polar surface area (TPSA) is 87.7 Å². The van der Waals surface area contributed by atoms with Crippen molar-refractivity contribution < 1.29 is 9.53 Å². The molecule has 1 aliphatic heterocycles. The molecule has 0 spiro atoms. The third-order valence-corrected chi connectivity index (χ3v) is 4.31. The fraction of sp³-hybridized carbons (Fsp3) is 0.368. The van der Waals surface area contributed by atoms with Crippen LogP contribution in [0.3, 0.4) is 0 Å². The number of nitrogens with zero attached hydrogens (tertiary/aromatic N) is 4. The van der Waals surface area contributed by atoms with Crippen molar-refractivity contribution in [2.24, 2.45) is 0 Å². The highest BCUT2D eigenvalue weighted by Crippen LogP contribution is 2.23. The normalized spacial score (nSPS) is 14.9. The van der Waals surface area contributed by atoms with Crippen LogP contribution in [0.5, 0.6) is 0 Å². The SMILES string of the molecule is CCOC(=O)C(C#N)=Cc1c(N2CCCCC2)nc2ccccn2c1=O. The van der Waals surface area contributed by atoms with Crippen molar-refractivity contribution in [3.8, 4) is 6.07 Å². The summed E-state index contributed by atoms with van der Waals surface area (Å²) in [5.41, 5.74) is 0.248. The van der Waals surface area contributed by atoms with Gasteiger partial charge in [0.25, 0.3) is 5.56 Å². The molecular formula is C19H20N4O3. The molecule has 0 atom stereocenters. The molecule has 1 saturated heterocycles. The lowest BCUT2D eigenvalue weighted by Crippen LogP contribution is -2.33. The van der Waals surface area contributed by atoms with E-state index >= 15 is 0 Å². The van der Waals surface area contributed by atoms with E-state index in [2.05, 4.69) is 4.98 Å². The minimum Gasteiger partial charge on any atom is -0.462 e. The third kappa shape index (κ3) is 3.45. The number of hydrogen-bond acceptors (Lipinski definition) is 6. The Morgan fingerprint density at radius 3 is 2.81 bits per heavy atom. The molecule has 0 unspecified atom stereocenters. The molecule has 0 bridgehead atoms. The minimum atomic E-state index is -0.739. The van der Waals surface area contributed by atoms with Crippen LogP contribution >= 0.6 is 0 Å². The van der Waals surface area contributed by atoms with Crippen LogP contribution in [-0.2, 0) is 9.53 Å². The summed E-state index contributed by atoms with van der Waals surface area (Å²) in [6, 6.07) is 7.15. The Hall–Kier alpha value is -3.14. The van der Waals surface area contributed by atoms with Crippen molar-refractivity contribution in [1.82, 2.24) is 9.38 Å². The summed E-state index contributed by atoms with van der Waals surface area (Å²) in [7, 11) is 0. The van der Waals surface area contributed by atoms with Gasteiger partial charge in [0, 0.05) is 19.3 Å². The molecule has 3 heterocycles. The number of pyridine rings is 1. The van der Waals surface area contributed by atoms with Crippen molar-refractivity contribution in [3.63, 3.8) is 0 Å². The molecule has 1 aliphatic rings. The first-order valence-corrected chi connectivity index (χ1v) is 8.71. The molecule has 2 aromatic rings. The van der Waals surface area contributed by atoms with Crippen LogP contribution in [0.15, 0.2) is 34.8 Å². The second-order valence-electron chi connectivity index (χ2n) is 6.02. The highest BCUT2D eigenvalue weighted by atomic mass is 16.5. The van der Waals surface area contributed by atoms with E-state index in [9.17, 15) is 14.9 Å². The second-order valence-corrected chi connectivity index (χ2v) is 6.02. The van der Waals surface area contributed by atoms with Gasteiger partial charge in [0.1, 0.15) is 23.1 Å². The zero-order valence-electron chi connectivity index (χ0n) is 14.6. The molecular weight excluding hydrogens is 332 g/mol. The first-order chi connectivity index (χ1) is 12.7. The predicted octanol–water partition coefficient (Wildman–Crippen LogP) is 2.15. The largest absolute Gasteiger partial charge is 0.462 e. The van der Waals surface area contributed by atoms with Gasteiger partial charge in [-0.25, -0.2) is 9.78 Å². The maximum Gasteiger partial charge on any atom is 0.348 e. The Balaban J connectivity index is 2.21. The second kappa shape index (κ2) is 7.83. The van der Waals surface area contributed by atoms with E-state index in [4.69, 9.17) is 4.74 Å². The maximum absolute atomic E-state index is 13.0. The Bertz CT molecular complexity index is 949. The number of piperidine rings is 1. The number of carbonyl (C=O) groups is 1. The summed E-state index contributed by atoms with van der Waals surface area (Å²) in [6.07, 6.45) is 6.10. The molecule has 3 rings (SSSR count). The number of rotatable bonds is 4. The standard InChI is InChI=1S/C19H20N4O3/c1-2-26-19(25)14(13-20)12-15-17(22-9-5-3-6-10-22)21-16-8-4-7-11-23(16)18(15)24/h4,7-8,11-12H,2-3,5-6,9-10H2,1H3. The molecule has 134 valence electrons. The molecule has 1 fully saturated rings. The van der Waals surface area contributed by atoms with Crippen LogP contribution in [0.4, 0.5) is 5.82 Å². The van der Waals surface area contributed by atoms with Crippen LogP contribution in [0, 0.1) is 11.3 Å². The monoisotopic (exact) mass is 352 g/mol. The van der Waals surface area contributed by atoms with E-state index < -0.39 is 5.97 Å². The number of hydrogen-bond donors (Lipinski definition) is 0. The number of fused-ring (bicyclic) bond motifs is 1. The van der Waals surface area contributed by atoms with E-state index in [0.29, 0.717) is 11.5 Å². The first kappa shape index (κ1) is 17.7. The molecule has 0 aliphatic carbocycles. The van der Waals surface area contributed by atoms with Crippen molar-refractivity contribution in [2.45, 2.75) is 26.2 Å². The van der Waals surface area contributed by atoms with E-state index in [1.807, 2.05) is 17.0 Å². The lowest BCUT2D eigenvalue weighted by atomic mass is 10.1. The fourth-order valence-electron chi connectivity index (χ4n) is 3.05. The maximum atomic E-state index is 13.0. The predicted molar refractivity (Wildman–Crippen MR) is 97.7 cm³/mol. The van der Waals surface area contributed by atoms with Crippen LogP contribution in [0.2, 0.25) is 0 Å². The van der Waals surface area contributed by atoms with Gasteiger partial charge in [0.2, 0.25) is 0 Å². The summed E-state index contributed by atoms with van der Waals surface area (Å²) in [6.45, 7) is 3.40. The van der Waals surface area contributed by atoms with Gasteiger partial charge in [-0.3, -0.25) is 9.20 Å². The molecule has 7 nitrogen and oxygen atoms in total. The van der Waals surface area contributed by atoms with E-state index in [1.54, 1.807) is 25.3 Å². The van der Waals surface area contributed by atoms with Crippen LogP contribution in [0.25, 0.3) is 11.7 Å². The summed E-state index contributed by atoms with van der Waals surface area (Å²) >= 11 is 0. The van der Waals surface area contributed by atoms with Gasteiger partial charge in [-0.1, -0.05) is 6.07 Å². The fourth-order valence-corrected chi connectivity index (χ4v) is 3.05. The minimum absolute atomic E-state index is 0.159. The zero-order valence-corrected chi connectivity index (χ0v) is 14.6. The lowest BCUT2D eigenvalue weighted by molar-refractivity contribution is -0.137. The van der Waals surface area contributed by atoms with Gasteiger partial charge in [0.15, 0.2) is 0 Å². The Labute approximate surface area is 151 Å². The van der Waals surface area contributed by atoms with Gasteiger partial charge in [-0.15, -0.1) is 0 Å². The number of aromatic nitrogens is 2. The average molecular weight is 352 g/mol. The zero-order chi connectivity index (χ0) is 18.5. The van der Waals surface area contributed by atoms with Crippen molar-refractivity contribution >= 4 is 23.5 Å². The van der Waals surface area contributed by atoms with Crippen molar-refractivity contribution in [3.05, 3.63) is 45.9 Å². The number of esters is 1. The van der Waals surface area contributed by atoms with Gasteiger partial charge in [-0.05, 0) is 44.4 Å². The quantitative estimate of drug-likeness (QED) is 0.476. The van der Waals surface area contributed by atoms with E-state index in [0.717, 1.165) is 32.4 Å². The Morgan fingerprint density at radius 2 is 2.12 bits per heavy atom. The van der Waals surface area contributed by atoms with Gasteiger partial charge in [0.05, 0.1) is 12.2 Å². The molecule has 7 heteroatoms. The summed E-state index contributed by atoms with van der Waals surface area (Å²) in [4.78, 5) is 31.7. The Morgan fingerprint density at radius 1 is 1.35 bits per heavy atom. The highest BCUT2D eigenvalue weighted by molar-refractivity contribution is 5.98. The molecule has 0 saturated carbocycles.